The van der Waals surface area contributed by atoms with Gasteiger partial charge in [-0.3, -0.25) is 4.72 Å². The maximum atomic E-state index is 13.0. The first-order chi connectivity index (χ1) is 13.8. The Bertz CT molecular complexity index is 1230. The van der Waals surface area contributed by atoms with Crippen LogP contribution < -0.4 is 4.72 Å². The summed E-state index contributed by atoms with van der Waals surface area (Å²) in [6.45, 7) is 2.51. The summed E-state index contributed by atoms with van der Waals surface area (Å²) in [5, 5.41) is 1.70. The molecule has 0 spiro atoms. The topological polar surface area (TPSA) is 83.6 Å². The second-order valence-electron chi connectivity index (χ2n) is 6.92. The number of hydrogen-bond acceptors (Lipinski definition) is 5. The zero-order valence-electron chi connectivity index (χ0n) is 15.7. The molecule has 0 unspecified atom stereocenters. The molecule has 2 aromatic carbocycles. The lowest BCUT2D eigenvalue weighted by atomic mass is 10.0. The predicted octanol–water partition coefficient (Wildman–Crippen LogP) is 3.60. The summed E-state index contributed by atoms with van der Waals surface area (Å²) >= 11 is 1.14. The van der Waals surface area contributed by atoms with Crippen LogP contribution in [-0.4, -0.2) is 27.7 Å². The molecule has 152 valence electrons. The Morgan fingerprint density at radius 2 is 1.72 bits per heavy atom. The summed E-state index contributed by atoms with van der Waals surface area (Å²) in [5.41, 5.74) is 3.25. The molecule has 1 aliphatic heterocycles. The van der Waals surface area contributed by atoms with Crippen LogP contribution >= 0.6 is 11.3 Å². The Labute approximate surface area is 174 Å². The Balaban J connectivity index is 1.59. The van der Waals surface area contributed by atoms with E-state index in [0.717, 1.165) is 28.0 Å². The van der Waals surface area contributed by atoms with Gasteiger partial charge in [0.05, 0.1) is 4.90 Å². The minimum absolute atomic E-state index is 0.208. The summed E-state index contributed by atoms with van der Waals surface area (Å²) in [6, 6.07) is 15.3. The summed E-state index contributed by atoms with van der Waals surface area (Å²) in [7, 11) is -7.26. The van der Waals surface area contributed by atoms with Crippen LogP contribution in [0.5, 0.6) is 0 Å². The Morgan fingerprint density at radius 1 is 0.966 bits per heavy atom. The van der Waals surface area contributed by atoms with Crippen molar-refractivity contribution < 1.29 is 16.8 Å². The van der Waals surface area contributed by atoms with Gasteiger partial charge in [0.25, 0.3) is 10.0 Å². The zero-order chi connectivity index (χ0) is 20.6. The first kappa shape index (κ1) is 20.1. The molecule has 1 aromatic heterocycles. The van der Waals surface area contributed by atoms with E-state index in [4.69, 9.17) is 0 Å². The number of aryl methyl sites for hydroxylation is 1. The van der Waals surface area contributed by atoms with E-state index in [1.165, 1.54) is 4.31 Å². The van der Waals surface area contributed by atoms with Crippen LogP contribution in [0, 0.1) is 6.92 Å². The third kappa shape index (κ3) is 4.09. The van der Waals surface area contributed by atoms with E-state index in [1.54, 1.807) is 53.9 Å². The number of nitrogens with one attached hydrogen (secondary N) is 1. The Hall–Kier alpha value is -2.20. The van der Waals surface area contributed by atoms with E-state index in [9.17, 15) is 16.8 Å². The molecule has 6 nitrogen and oxygen atoms in total. The largest absolute Gasteiger partial charge is 0.279 e. The molecule has 1 N–H and O–H groups in total. The van der Waals surface area contributed by atoms with E-state index in [2.05, 4.69) is 4.72 Å². The molecule has 0 radical (unpaired) electrons. The quantitative estimate of drug-likeness (QED) is 0.646. The molecule has 0 bridgehead atoms. The van der Waals surface area contributed by atoms with Crippen LogP contribution in [0.1, 0.15) is 16.7 Å². The Kier molecular flexibility index (Phi) is 5.24. The zero-order valence-corrected chi connectivity index (χ0v) is 18.1. The monoisotopic (exact) mass is 448 g/mol. The fourth-order valence-electron chi connectivity index (χ4n) is 3.28. The van der Waals surface area contributed by atoms with Crippen molar-refractivity contribution in [3.63, 3.8) is 0 Å². The average molecular weight is 449 g/mol. The molecule has 0 saturated carbocycles. The van der Waals surface area contributed by atoms with E-state index >= 15 is 0 Å². The number of sulfonamides is 2. The van der Waals surface area contributed by atoms with E-state index in [1.807, 2.05) is 13.0 Å². The van der Waals surface area contributed by atoms with Crippen LogP contribution in [0.15, 0.2) is 69.1 Å². The van der Waals surface area contributed by atoms with Gasteiger partial charge in [0.15, 0.2) is 0 Å². The first-order valence-corrected chi connectivity index (χ1v) is 12.8. The summed E-state index contributed by atoms with van der Waals surface area (Å²) < 4.78 is 55.2. The van der Waals surface area contributed by atoms with Gasteiger partial charge in [0.2, 0.25) is 10.0 Å². The maximum absolute atomic E-state index is 13.0. The number of nitrogens with zero attached hydrogens (tertiary/aromatic N) is 1. The van der Waals surface area contributed by atoms with Crippen LogP contribution in [0.3, 0.4) is 0 Å². The van der Waals surface area contributed by atoms with Gasteiger partial charge in [-0.15, -0.1) is 11.3 Å². The number of benzene rings is 2. The van der Waals surface area contributed by atoms with Crippen molar-refractivity contribution in [2.24, 2.45) is 0 Å². The van der Waals surface area contributed by atoms with Crippen molar-refractivity contribution in [3.8, 4) is 0 Å². The lowest BCUT2D eigenvalue weighted by Crippen LogP contribution is -2.36. The maximum Gasteiger partial charge on any atom is 0.271 e. The average Bonchev–Trinajstić information content (AvgIpc) is 3.23. The number of fused-ring (bicyclic) bond motifs is 1. The molecule has 2 heterocycles. The molecule has 0 saturated heterocycles. The summed E-state index contributed by atoms with van der Waals surface area (Å²) in [4.78, 5) is 0.265. The van der Waals surface area contributed by atoms with Gasteiger partial charge >= 0.3 is 0 Å². The summed E-state index contributed by atoms with van der Waals surface area (Å²) in [6.07, 6.45) is 0.582. The van der Waals surface area contributed by atoms with Crippen molar-refractivity contribution >= 4 is 37.1 Å². The van der Waals surface area contributed by atoms with Gasteiger partial charge in [-0.25, -0.2) is 16.8 Å². The van der Waals surface area contributed by atoms with E-state index in [-0.39, 0.29) is 15.6 Å². The number of hydrogen-bond donors (Lipinski definition) is 1. The van der Waals surface area contributed by atoms with Gasteiger partial charge < -0.3 is 0 Å². The van der Waals surface area contributed by atoms with Gasteiger partial charge in [-0.05, 0) is 60.2 Å². The number of anilines is 1. The smallest absolute Gasteiger partial charge is 0.271 e. The molecule has 1 aliphatic rings. The normalized spacial score (nSPS) is 15.1. The molecule has 0 fully saturated rings. The minimum Gasteiger partial charge on any atom is -0.279 e. The van der Waals surface area contributed by atoms with Crippen molar-refractivity contribution in [2.75, 3.05) is 11.3 Å². The second kappa shape index (κ2) is 7.56. The lowest BCUT2D eigenvalue weighted by Gasteiger charge is -2.28. The van der Waals surface area contributed by atoms with Gasteiger partial charge in [0, 0.05) is 18.8 Å². The van der Waals surface area contributed by atoms with Crippen molar-refractivity contribution in [2.45, 2.75) is 29.0 Å². The highest BCUT2D eigenvalue weighted by molar-refractivity contribution is 7.94. The molecule has 29 heavy (non-hydrogen) atoms. The van der Waals surface area contributed by atoms with Crippen LogP contribution in [-0.2, 0) is 33.0 Å². The molecule has 4 rings (SSSR count). The van der Waals surface area contributed by atoms with Gasteiger partial charge in [-0.1, -0.05) is 29.8 Å². The first-order valence-electron chi connectivity index (χ1n) is 9.01. The SMILES string of the molecule is Cc1ccc(S(=O)(=O)N2CCc3ccc(NS(=O)(=O)c4cccs4)cc3C2)cc1. The van der Waals surface area contributed by atoms with Gasteiger partial charge in [-0.2, -0.15) is 4.31 Å². The highest BCUT2D eigenvalue weighted by Gasteiger charge is 2.28. The fraction of sp³-hybridized carbons (Fsp3) is 0.200. The summed E-state index contributed by atoms with van der Waals surface area (Å²) in [5.74, 6) is 0. The Morgan fingerprint density at radius 3 is 2.41 bits per heavy atom. The van der Waals surface area contributed by atoms with E-state index in [0.29, 0.717) is 18.7 Å². The highest BCUT2D eigenvalue weighted by Crippen LogP contribution is 2.28. The molecular formula is C20H20N2O4S3. The van der Waals surface area contributed by atoms with Crippen LogP contribution in [0.2, 0.25) is 0 Å². The molecule has 0 amide bonds. The minimum atomic E-state index is -3.65. The second-order valence-corrected chi connectivity index (χ2v) is 11.7. The predicted molar refractivity (Wildman–Crippen MR) is 114 cm³/mol. The molecule has 0 atom stereocenters. The third-order valence-corrected chi connectivity index (χ3v) is 9.49. The van der Waals surface area contributed by atoms with Crippen molar-refractivity contribution in [1.29, 1.82) is 0 Å². The van der Waals surface area contributed by atoms with Crippen molar-refractivity contribution in [3.05, 3.63) is 76.7 Å². The van der Waals surface area contributed by atoms with Crippen molar-refractivity contribution in [1.82, 2.24) is 4.31 Å². The number of rotatable bonds is 5. The fourth-order valence-corrected chi connectivity index (χ4v) is 6.74. The van der Waals surface area contributed by atoms with E-state index < -0.39 is 20.0 Å². The molecule has 3 aromatic rings. The van der Waals surface area contributed by atoms with Crippen LogP contribution in [0.25, 0.3) is 0 Å². The lowest BCUT2D eigenvalue weighted by molar-refractivity contribution is 0.391. The molecular weight excluding hydrogens is 428 g/mol. The standard InChI is InChI=1S/C20H20N2O4S3/c1-15-4-8-19(9-5-15)29(25,26)22-11-10-16-6-7-18(13-17(16)14-22)21-28(23,24)20-3-2-12-27-20/h2-9,12-13,21H,10-11,14H2,1H3. The third-order valence-electron chi connectivity index (χ3n) is 4.85. The van der Waals surface area contributed by atoms with Crippen LogP contribution in [0.4, 0.5) is 5.69 Å². The van der Waals surface area contributed by atoms with Gasteiger partial charge in [0.1, 0.15) is 4.21 Å². The molecule has 9 heteroatoms. The highest BCUT2D eigenvalue weighted by atomic mass is 32.2. The molecule has 0 aliphatic carbocycles. The number of thiophene rings is 1.